The summed E-state index contributed by atoms with van der Waals surface area (Å²) in [6, 6.07) is 7.96. The largest absolute Gasteiger partial charge is 0.341 e. The Morgan fingerprint density at radius 2 is 2.28 bits per heavy atom. The van der Waals surface area contributed by atoms with E-state index in [2.05, 4.69) is 11.1 Å². The molecule has 0 aliphatic rings. The van der Waals surface area contributed by atoms with Gasteiger partial charge in [0.2, 0.25) is 5.91 Å². The fourth-order valence-electron chi connectivity index (χ4n) is 1.73. The molecule has 0 bridgehead atoms. The van der Waals surface area contributed by atoms with Gasteiger partial charge in [0.15, 0.2) is 0 Å². The second-order valence-electron chi connectivity index (χ2n) is 4.19. The van der Waals surface area contributed by atoms with E-state index < -0.39 is 0 Å². The summed E-state index contributed by atoms with van der Waals surface area (Å²) < 4.78 is 0. The molecule has 94 valence electrons. The van der Waals surface area contributed by atoms with E-state index in [-0.39, 0.29) is 5.91 Å². The Labute approximate surface area is 111 Å². The molecule has 2 rings (SSSR count). The van der Waals surface area contributed by atoms with Crippen LogP contribution in [0.2, 0.25) is 0 Å². The lowest BCUT2D eigenvalue weighted by molar-refractivity contribution is -0.130. The molecule has 0 saturated carbocycles. The number of nitrogens with zero attached hydrogens (tertiary/aromatic N) is 2. The van der Waals surface area contributed by atoms with Gasteiger partial charge in [0.05, 0.1) is 0 Å². The number of pyridine rings is 1. The Morgan fingerprint density at radius 1 is 1.39 bits per heavy atom. The molecule has 0 aliphatic heterocycles. The maximum absolute atomic E-state index is 12.0. The molecule has 0 N–H and O–H groups in total. The summed E-state index contributed by atoms with van der Waals surface area (Å²) in [7, 11) is 1.84. The van der Waals surface area contributed by atoms with Crippen molar-refractivity contribution in [2.24, 2.45) is 0 Å². The van der Waals surface area contributed by atoms with E-state index in [1.807, 2.05) is 30.6 Å². The van der Waals surface area contributed by atoms with E-state index in [1.54, 1.807) is 28.6 Å². The van der Waals surface area contributed by atoms with Crippen molar-refractivity contribution in [3.63, 3.8) is 0 Å². The van der Waals surface area contributed by atoms with Crippen LogP contribution in [0, 0.1) is 0 Å². The van der Waals surface area contributed by atoms with Crippen molar-refractivity contribution in [2.75, 3.05) is 7.05 Å². The van der Waals surface area contributed by atoms with Gasteiger partial charge in [-0.1, -0.05) is 12.1 Å². The molecule has 0 aromatic carbocycles. The Bertz CT molecular complexity index is 482. The summed E-state index contributed by atoms with van der Waals surface area (Å²) in [5.74, 6) is 0.173. The average molecular weight is 260 g/mol. The molecule has 0 radical (unpaired) electrons. The molecule has 0 aliphatic carbocycles. The van der Waals surface area contributed by atoms with E-state index in [0.717, 1.165) is 12.0 Å². The molecule has 0 atom stereocenters. The van der Waals surface area contributed by atoms with Crippen LogP contribution in [0.25, 0.3) is 0 Å². The van der Waals surface area contributed by atoms with Crippen LogP contribution in [0.4, 0.5) is 0 Å². The Morgan fingerprint density at radius 3 is 2.94 bits per heavy atom. The van der Waals surface area contributed by atoms with Crippen LogP contribution in [0.3, 0.4) is 0 Å². The van der Waals surface area contributed by atoms with Crippen molar-refractivity contribution in [1.82, 2.24) is 9.88 Å². The molecule has 0 spiro atoms. The lowest BCUT2D eigenvalue weighted by Gasteiger charge is -2.16. The monoisotopic (exact) mass is 260 g/mol. The number of carbonyl (C=O) groups is 1. The molecule has 1 amide bonds. The smallest absolute Gasteiger partial charge is 0.222 e. The Hall–Kier alpha value is -1.68. The number of carbonyl (C=O) groups excluding carboxylic acids is 1. The second-order valence-corrected chi connectivity index (χ2v) is 5.22. The first-order valence-electron chi connectivity index (χ1n) is 5.91. The number of aromatic nitrogens is 1. The molecule has 2 aromatic rings. The Balaban J connectivity index is 1.82. The van der Waals surface area contributed by atoms with E-state index in [0.29, 0.717) is 13.0 Å². The quantitative estimate of drug-likeness (QED) is 0.828. The topological polar surface area (TPSA) is 33.2 Å². The third-order valence-electron chi connectivity index (χ3n) is 2.73. The number of aryl methyl sites for hydroxylation is 1. The normalized spacial score (nSPS) is 10.3. The molecule has 0 saturated heterocycles. The lowest BCUT2D eigenvalue weighted by Crippen LogP contribution is -2.26. The molecular formula is C14H16N2OS. The van der Waals surface area contributed by atoms with Crippen molar-refractivity contribution in [1.29, 1.82) is 0 Å². The SMILES string of the molecule is CN(Cc1cccnc1)C(=O)CCc1cccs1. The summed E-state index contributed by atoms with van der Waals surface area (Å²) in [4.78, 5) is 19.0. The van der Waals surface area contributed by atoms with Gasteiger partial charge in [-0.2, -0.15) is 0 Å². The van der Waals surface area contributed by atoms with Crippen LogP contribution in [0.15, 0.2) is 42.0 Å². The Kier molecular flexibility index (Phi) is 4.47. The zero-order chi connectivity index (χ0) is 12.8. The van der Waals surface area contributed by atoms with E-state index in [1.165, 1.54) is 4.88 Å². The fourth-order valence-corrected chi connectivity index (χ4v) is 2.44. The van der Waals surface area contributed by atoms with Crippen molar-refractivity contribution in [2.45, 2.75) is 19.4 Å². The number of rotatable bonds is 5. The minimum absolute atomic E-state index is 0.173. The van der Waals surface area contributed by atoms with Gasteiger partial charge in [0.25, 0.3) is 0 Å². The van der Waals surface area contributed by atoms with Gasteiger partial charge in [-0.25, -0.2) is 0 Å². The minimum atomic E-state index is 0.173. The molecule has 3 nitrogen and oxygen atoms in total. The van der Waals surface area contributed by atoms with Gasteiger partial charge >= 0.3 is 0 Å². The standard InChI is InChI=1S/C14H16N2OS/c1-16(11-12-4-2-8-15-10-12)14(17)7-6-13-5-3-9-18-13/h2-5,8-10H,6-7,11H2,1H3. The maximum atomic E-state index is 12.0. The van der Waals surface area contributed by atoms with Crippen LogP contribution >= 0.6 is 11.3 Å². The first kappa shape index (κ1) is 12.8. The lowest BCUT2D eigenvalue weighted by atomic mass is 10.2. The summed E-state index contributed by atoms with van der Waals surface area (Å²) in [5, 5.41) is 2.04. The third-order valence-corrected chi connectivity index (χ3v) is 3.67. The zero-order valence-corrected chi connectivity index (χ0v) is 11.2. The van der Waals surface area contributed by atoms with Crippen LogP contribution in [0.1, 0.15) is 16.9 Å². The van der Waals surface area contributed by atoms with Gasteiger partial charge < -0.3 is 4.90 Å². The molecule has 0 fully saturated rings. The molecule has 2 aromatic heterocycles. The zero-order valence-electron chi connectivity index (χ0n) is 10.4. The van der Waals surface area contributed by atoms with Crippen molar-refractivity contribution < 1.29 is 4.79 Å². The first-order valence-corrected chi connectivity index (χ1v) is 6.79. The molecule has 0 unspecified atom stereocenters. The highest BCUT2D eigenvalue weighted by atomic mass is 32.1. The number of hydrogen-bond acceptors (Lipinski definition) is 3. The van der Waals surface area contributed by atoms with Gasteiger partial charge in [-0.05, 0) is 29.5 Å². The van der Waals surface area contributed by atoms with Crippen LogP contribution in [0.5, 0.6) is 0 Å². The van der Waals surface area contributed by atoms with E-state index in [4.69, 9.17) is 0 Å². The van der Waals surface area contributed by atoms with Gasteiger partial charge in [-0.3, -0.25) is 9.78 Å². The highest BCUT2D eigenvalue weighted by molar-refractivity contribution is 7.09. The second kappa shape index (κ2) is 6.31. The summed E-state index contributed by atoms with van der Waals surface area (Å²) in [5.41, 5.74) is 1.06. The van der Waals surface area contributed by atoms with Gasteiger partial charge in [-0.15, -0.1) is 11.3 Å². The van der Waals surface area contributed by atoms with Gasteiger partial charge in [0, 0.05) is 37.3 Å². The predicted molar refractivity (Wildman–Crippen MR) is 73.4 cm³/mol. The van der Waals surface area contributed by atoms with E-state index in [9.17, 15) is 4.79 Å². The maximum Gasteiger partial charge on any atom is 0.222 e. The number of hydrogen-bond donors (Lipinski definition) is 0. The van der Waals surface area contributed by atoms with Crippen molar-refractivity contribution >= 4 is 17.2 Å². The molecule has 18 heavy (non-hydrogen) atoms. The van der Waals surface area contributed by atoms with Crippen LogP contribution in [-0.2, 0) is 17.8 Å². The highest BCUT2D eigenvalue weighted by Gasteiger charge is 2.09. The summed E-state index contributed by atoms with van der Waals surface area (Å²) in [6.07, 6.45) is 4.93. The fraction of sp³-hybridized carbons (Fsp3) is 0.286. The molecule has 2 heterocycles. The van der Waals surface area contributed by atoms with Crippen LogP contribution in [-0.4, -0.2) is 22.8 Å². The average Bonchev–Trinajstić information content (AvgIpc) is 2.90. The van der Waals surface area contributed by atoms with Gasteiger partial charge in [0.1, 0.15) is 0 Å². The van der Waals surface area contributed by atoms with Crippen molar-refractivity contribution in [3.8, 4) is 0 Å². The number of amides is 1. The summed E-state index contributed by atoms with van der Waals surface area (Å²) >= 11 is 1.70. The number of thiophene rings is 1. The first-order chi connectivity index (χ1) is 8.75. The summed E-state index contributed by atoms with van der Waals surface area (Å²) in [6.45, 7) is 0.622. The third kappa shape index (κ3) is 3.67. The van der Waals surface area contributed by atoms with Crippen molar-refractivity contribution in [3.05, 3.63) is 52.5 Å². The molecule has 4 heteroatoms. The predicted octanol–water partition coefficient (Wildman–Crippen LogP) is 2.73. The van der Waals surface area contributed by atoms with E-state index >= 15 is 0 Å². The molecular weight excluding hydrogens is 244 g/mol. The van der Waals surface area contributed by atoms with Crippen LogP contribution < -0.4 is 0 Å². The minimum Gasteiger partial charge on any atom is -0.341 e. The highest BCUT2D eigenvalue weighted by Crippen LogP contribution is 2.12.